The summed E-state index contributed by atoms with van der Waals surface area (Å²) < 4.78 is 50.6. The van der Waals surface area contributed by atoms with Gasteiger partial charge in [0.05, 0.1) is 11.8 Å². The molecule has 2 heterocycles. The molecule has 35 heavy (non-hydrogen) atoms. The standard InChI is InChI=1S/C25H21F3N4O3/c26-25(27,28)20-8-3-18(4-9-20)5-12-24-30-21(17-35-24)16-34-22-10-6-19(7-11-22)23(33)2-1-14-32-15-13-29-31-32/h3-13,15,17H,1-2,14,16H2. The minimum Gasteiger partial charge on any atom is -0.487 e. The molecule has 2 aromatic heterocycles. The number of benzene rings is 2. The third-order valence-electron chi connectivity index (χ3n) is 5.05. The molecule has 0 aliphatic rings. The first kappa shape index (κ1) is 23.9. The number of aryl methyl sites for hydroxylation is 1. The van der Waals surface area contributed by atoms with E-state index < -0.39 is 11.7 Å². The number of rotatable bonds is 10. The summed E-state index contributed by atoms with van der Waals surface area (Å²) >= 11 is 0. The lowest BCUT2D eigenvalue weighted by Gasteiger charge is -2.06. The molecule has 0 unspecified atom stereocenters. The summed E-state index contributed by atoms with van der Waals surface area (Å²) in [4.78, 5) is 16.6. The summed E-state index contributed by atoms with van der Waals surface area (Å²) in [5.74, 6) is 0.919. The smallest absolute Gasteiger partial charge is 0.416 e. The van der Waals surface area contributed by atoms with Gasteiger partial charge in [0.25, 0.3) is 0 Å². The van der Waals surface area contributed by atoms with Crippen molar-refractivity contribution in [3.05, 3.63) is 95.5 Å². The van der Waals surface area contributed by atoms with Crippen LogP contribution in [0.2, 0.25) is 0 Å². The Hall–Kier alpha value is -4.21. The van der Waals surface area contributed by atoms with Crippen molar-refractivity contribution >= 4 is 17.9 Å². The van der Waals surface area contributed by atoms with Crippen molar-refractivity contribution in [1.29, 1.82) is 0 Å². The Morgan fingerprint density at radius 2 is 1.83 bits per heavy atom. The van der Waals surface area contributed by atoms with Gasteiger partial charge in [0, 0.05) is 30.8 Å². The molecular weight excluding hydrogens is 461 g/mol. The van der Waals surface area contributed by atoms with Gasteiger partial charge in [0.1, 0.15) is 24.3 Å². The monoisotopic (exact) mass is 482 g/mol. The van der Waals surface area contributed by atoms with E-state index in [2.05, 4.69) is 15.3 Å². The quantitative estimate of drug-likeness (QED) is 0.270. The Morgan fingerprint density at radius 1 is 1.06 bits per heavy atom. The zero-order valence-electron chi connectivity index (χ0n) is 18.5. The number of carbonyl (C=O) groups is 1. The van der Waals surface area contributed by atoms with Gasteiger partial charge in [-0.1, -0.05) is 17.3 Å². The van der Waals surface area contributed by atoms with Gasteiger partial charge in [-0.3, -0.25) is 9.48 Å². The molecule has 0 spiro atoms. The molecule has 0 amide bonds. The first-order valence-electron chi connectivity index (χ1n) is 10.8. The minimum absolute atomic E-state index is 0.0395. The summed E-state index contributed by atoms with van der Waals surface area (Å²) in [6.45, 7) is 0.787. The van der Waals surface area contributed by atoms with Gasteiger partial charge in [0.15, 0.2) is 5.78 Å². The third kappa shape index (κ3) is 6.89. The number of ketones is 1. The van der Waals surface area contributed by atoms with Crippen LogP contribution in [0.15, 0.2) is 71.6 Å². The highest BCUT2D eigenvalue weighted by Crippen LogP contribution is 2.29. The number of carbonyl (C=O) groups excluding carboxylic acids is 1. The van der Waals surface area contributed by atoms with Crippen LogP contribution in [-0.4, -0.2) is 25.8 Å². The van der Waals surface area contributed by atoms with Crippen LogP contribution in [0.4, 0.5) is 13.2 Å². The molecular formula is C25H21F3N4O3. The van der Waals surface area contributed by atoms with Crippen molar-refractivity contribution in [2.45, 2.75) is 32.2 Å². The van der Waals surface area contributed by atoms with Gasteiger partial charge in [-0.2, -0.15) is 13.2 Å². The Bertz CT molecular complexity index is 1260. The average Bonchev–Trinajstić information content (AvgIpc) is 3.54. The highest BCUT2D eigenvalue weighted by atomic mass is 19.4. The number of hydrogen-bond acceptors (Lipinski definition) is 6. The van der Waals surface area contributed by atoms with E-state index in [9.17, 15) is 18.0 Å². The fraction of sp³-hybridized carbons (Fsp3) is 0.200. The van der Waals surface area contributed by atoms with Crippen LogP contribution in [-0.2, 0) is 19.3 Å². The lowest BCUT2D eigenvalue weighted by molar-refractivity contribution is -0.137. The fourth-order valence-corrected chi connectivity index (χ4v) is 3.21. The van der Waals surface area contributed by atoms with E-state index in [1.165, 1.54) is 18.4 Å². The van der Waals surface area contributed by atoms with Crippen LogP contribution >= 0.6 is 0 Å². The largest absolute Gasteiger partial charge is 0.487 e. The molecule has 4 rings (SSSR count). The number of ether oxygens (including phenoxy) is 1. The second-order valence-electron chi connectivity index (χ2n) is 7.64. The van der Waals surface area contributed by atoms with Crippen molar-refractivity contribution in [3.63, 3.8) is 0 Å². The van der Waals surface area contributed by atoms with E-state index in [4.69, 9.17) is 9.15 Å². The van der Waals surface area contributed by atoms with Gasteiger partial charge in [0.2, 0.25) is 5.89 Å². The molecule has 0 atom stereocenters. The van der Waals surface area contributed by atoms with Crippen molar-refractivity contribution in [1.82, 2.24) is 20.0 Å². The molecule has 0 fully saturated rings. The highest BCUT2D eigenvalue weighted by Gasteiger charge is 2.29. The lowest BCUT2D eigenvalue weighted by Crippen LogP contribution is -2.04. The van der Waals surface area contributed by atoms with Gasteiger partial charge >= 0.3 is 6.18 Å². The molecule has 4 aromatic rings. The van der Waals surface area contributed by atoms with E-state index in [0.717, 1.165) is 12.1 Å². The maximum atomic E-state index is 12.6. The Labute approximate surface area is 198 Å². The number of hydrogen-bond donors (Lipinski definition) is 0. The Morgan fingerprint density at radius 3 is 2.51 bits per heavy atom. The van der Waals surface area contributed by atoms with E-state index in [1.807, 2.05) is 0 Å². The zero-order valence-corrected chi connectivity index (χ0v) is 18.5. The van der Waals surface area contributed by atoms with E-state index in [0.29, 0.717) is 47.8 Å². The number of oxazole rings is 1. The Balaban J connectivity index is 1.24. The molecule has 0 saturated heterocycles. The van der Waals surface area contributed by atoms with Crippen molar-refractivity contribution < 1.29 is 27.1 Å². The average molecular weight is 482 g/mol. The van der Waals surface area contributed by atoms with Crippen molar-refractivity contribution in [2.24, 2.45) is 0 Å². The second-order valence-corrected chi connectivity index (χ2v) is 7.64. The van der Waals surface area contributed by atoms with Gasteiger partial charge in [-0.05, 0) is 54.5 Å². The van der Waals surface area contributed by atoms with Crippen molar-refractivity contribution in [3.8, 4) is 5.75 Å². The summed E-state index contributed by atoms with van der Waals surface area (Å²) in [5, 5.41) is 7.60. The summed E-state index contributed by atoms with van der Waals surface area (Å²) in [7, 11) is 0. The second kappa shape index (κ2) is 10.8. The van der Waals surface area contributed by atoms with Crippen LogP contribution < -0.4 is 4.74 Å². The molecule has 10 heteroatoms. The van der Waals surface area contributed by atoms with Gasteiger partial charge in [-0.15, -0.1) is 5.10 Å². The summed E-state index contributed by atoms with van der Waals surface area (Å²) in [6.07, 6.45) is 4.68. The third-order valence-corrected chi connectivity index (χ3v) is 5.05. The zero-order chi connectivity index (χ0) is 24.7. The lowest BCUT2D eigenvalue weighted by atomic mass is 10.1. The molecule has 0 radical (unpaired) electrons. The molecule has 0 saturated carbocycles. The first-order chi connectivity index (χ1) is 16.9. The maximum Gasteiger partial charge on any atom is 0.416 e. The van der Waals surface area contributed by atoms with Crippen molar-refractivity contribution in [2.75, 3.05) is 0 Å². The maximum absolute atomic E-state index is 12.6. The van der Waals surface area contributed by atoms with E-state index in [1.54, 1.807) is 53.5 Å². The molecule has 0 N–H and O–H groups in total. The highest BCUT2D eigenvalue weighted by molar-refractivity contribution is 5.96. The van der Waals surface area contributed by atoms with E-state index >= 15 is 0 Å². The van der Waals surface area contributed by atoms with E-state index in [-0.39, 0.29) is 12.4 Å². The van der Waals surface area contributed by atoms with Gasteiger partial charge < -0.3 is 9.15 Å². The number of halogens is 3. The predicted molar refractivity (Wildman–Crippen MR) is 121 cm³/mol. The summed E-state index contributed by atoms with van der Waals surface area (Å²) in [6, 6.07) is 11.7. The molecule has 0 aliphatic carbocycles. The Kier molecular flexibility index (Phi) is 7.39. The normalized spacial score (nSPS) is 11.7. The number of aromatic nitrogens is 4. The number of alkyl halides is 3. The van der Waals surface area contributed by atoms with Crippen LogP contribution in [0.5, 0.6) is 5.75 Å². The molecule has 0 bridgehead atoms. The molecule has 2 aromatic carbocycles. The minimum atomic E-state index is -4.37. The van der Waals surface area contributed by atoms with Crippen LogP contribution in [0.1, 0.15) is 45.9 Å². The molecule has 180 valence electrons. The SMILES string of the molecule is O=C(CCCn1ccnn1)c1ccc(OCc2coc(C=Cc3ccc(C(F)(F)F)cc3)n2)cc1. The molecule has 0 aliphatic heterocycles. The van der Waals surface area contributed by atoms with Crippen LogP contribution in [0.25, 0.3) is 12.2 Å². The first-order valence-corrected chi connectivity index (χ1v) is 10.8. The topological polar surface area (TPSA) is 83.0 Å². The predicted octanol–water partition coefficient (Wildman–Crippen LogP) is 5.70. The molecule has 7 nitrogen and oxygen atoms in total. The number of Topliss-reactive ketones (excluding diaryl/α,β-unsaturated/α-hetero) is 1. The summed E-state index contributed by atoms with van der Waals surface area (Å²) in [5.41, 5.74) is 1.03. The van der Waals surface area contributed by atoms with Crippen LogP contribution in [0.3, 0.4) is 0 Å². The van der Waals surface area contributed by atoms with Crippen LogP contribution in [0, 0.1) is 0 Å². The fourth-order valence-electron chi connectivity index (χ4n) is 3.21. The number of nitrogens with zero attached hydrogens (tertiary/aromatic N) is 4. The van der Waals surface area contributed by atoms with Gasteiger partial charge in [-0.25, -0.2) is 4.98 Å².